The third kappa shape index (κ3) is 9.04. The molecule has 5 aromatic rings. The second-order valence-corrected chi connectivity index (χ2v) is 18.0. The molecule has 2 N–H and O–H groups in total. The van der Waals surface area contributed by atoms with Crippen molar-refractivity contribution in [3.05, 3.63) is 144 Å². The Hall–Kier alpha value is -5.82. The van der Waals surface area contributed by atoms with Gasteiger partial charge in [-0.1, -0.05) is 109 Å². The highest BCUT2D eigenvalue weighted by Crippen LogP contribution is 2.40. The molecule has 0 saturated carbocycles. The summed E-state index contributed by atoms with van der Waals surface area (Å²) >= 11 is 1.74. The SMILES string of the molecule is CNC(=O)CCC1SC[C@@H](C2=NC=C(c3ccc(-c4ccc(-c5cnc([C@@H]6CCCN6C(=O)[C@@H](c6ccccc6)N(C)C)[nH]5)cc4)cc3)C2)N1C(=O)C(c1ccccc1)N(C)C. The van der Waals surface area contributed by atoms with Gasteiger partial charge in [0.05, 0.1) is 29.3 Å². The lowest BCUT2D eigenvalue weighted by Gasteiger charge is -2.35. The quantitative estimate of drug-likeness (QED) is 0.116. The first-order valence-corrected chi connectivity index (χ1v) is 22.6. The summed E-state index contributed by atoms with van der Waals surface area (Å²) in [7, 11) is 9.45. The van der Waals surface area contributed by atoms with Crippen LogP contribution in [0.3, 0.4) is 0 Å². The Labute approximate surface area is 369 Å². The molecule has 1 aromatic heterocycles. The molecule has 320 valence electrons. The van der Waals surface area contributed by atoms with Crippen molar-refractivity contribution < 1.29 is 14.4 Å². The van der Waals surface area contributed by atoms with Crippen LogP contribution in [-0.2, 0) is 14.4 Å². The van der Waals surface area contributed by atoms with Crippen LogP contribution in [0.5, 0.6) is 0 Å². The third-order valence-corrected chi connectivity index (χ3v) is 13.7. The number of likely N-dealkylation sites (tertiary alicyclic amines) is 1. The van der Waals surface area contributed by atoms with E-state index in [9.17, 15) is 14.4 Å². The summed E-state index contributed by atoms with van der Waals surface area (Å²) in [5.74, 6) is 1.66. The number of carbonyl (C=O) groups excluding carboxylic acids is 3. The molecule has 3 aliphatic heterocycles. The number of hydrogen-bond acceptors (Lipinski definition) is 8. The maximum absolute atomic E-state index is 14.6. The lowest BCUT2D eigenvalue weighted by molar-refractivity contribution is -0.138. The lowest BCUT2D eigenvalue weighted by atomic mass is 9.96. The molecule has 2 fully saturated rings. The van der Waals surface area contributed by atoms with Crippen molar-refractivity contribution in [1.29, 1.82) is 0 Å². The summed E-state index contributed by atoms with van der Waals surface area (Å²) in [6.45, 7) is 0.712. The third-order valence-electron chi connectivity index (χ3n) is 12.3. The van der Waals surface area contributed by atoms with Crippen LogP contribution < -0.4 is 5.32 Å². The minimum absolute atomic E-state index is 0.0264. The molecule has 2 saturated heterocycles. The second-order valence-electron chi connectivity index (χ2n) is 16.8. The van der Waals surface area contributed by atoms with E-state index in [1.807, 2.05) is 121 Å². The number of likely N-dealkylation sites (N-methyl/N-ethyl adjacent to an activating group) is 2. The van der Waals surface area contributed by atoms with E-state index in [1.165, 1.54) is 0 Å². The van der Waals surface area contributed by atoms with Gasteiger partial charge in [0.2, 0.25) is 17.7 Å². The van der Waals surface area contributed by atoms with E-state index >= 15 is 0 Å². The molecule has 11 nitrogen and oxygen atoms in total. The van der Waals surface area contributed by atoms with Gasteiger partial charge in [0, 0.05) is 44.1 Å². The maximum atomic E-state index is 14.6. The van der Waals surface area contributed by atoms with Crippen molar-refractivity contribution in [3.8, 4) is 22.4 Å². The van der Waals surface area contributed by atoms with Gasteiger partial charge in [0.15, 0.2) is 0 Å². The van der Waals surface area contributed by atoms with E-state index in [2.05, 4.69) is 58.8 Å². The minimum atomic E-state index is -0.449. The number of H-pyrrole nitrogens is 1. The monoisotopic (exact) mass is 848 g/mol. The van der Waals surface area contributed by atoms with Crippen LogP contribution >= 0.6 is 11.8 Å². The number of thioether (sulfide) groups is 1. The standard InChI is InChI=1S/C50H56N8O3S/c1-51-44(59)26-27-45-58(50(61)47(56(4)5)38-15-10-7-11-16-38)43(32-62-45)40-29-39(30-52-40)35-20-18-33(19-21-35)34-22-24-36(25-23-34)41-31-53-48(54-41)42-17-12-28-57(42)49(60)46(55(2)3)37-13-8-6-9-14-37/h6-11,13-16,18-25,30-31,42-43,45-47H,12,17,26-29,32H2,1-5H3,(H,51,59)(H,53,54)/t42-,43-,45?,46+,47?/m0/s1. The average molecular weight is 849 g/mol. The summed E-state index contributed by atoms with van der Waals surface area (Å²) in [5, 5.41) is 2.60. The highest BCUT2D eigenvalue weighted by molar-refractivity contribution is 8.00. The molecule has 3 aliphatic rings. The first kappa shape index (κ1) is 42.9. The number of hydrogen-bond donors (Lipinski definition) is 2. The lowest BCUT2D eigenvalue weighted by Crippen LogP contribution is -2.49. The van der Waals surface area contributed by atoms with Crippen LogP contribution in [-0.4, -0.2) is 112 Å². The zero-order valence-corrected chi connectivity index (χ0v) is 37.0. The van der Waals surface area contributed by atoms with Crippen molar-refractivity contribution in [2.24, 2.45) is 4.99 Å². The summed E-state index contributed by atoms with van der Waals surface area (Å²) in [5.41, 5.74) is 9.31. The predicted octanol–water partition coefficient (Wildman–Crippen LogP) is 7.99. The molecule has 12 heteroatoms. The second kappa shape index (κ2) is 19.1. The number of imidazole rings is 1. The molecule has 0 spiro atoms. The van der Waals surface area contributed by atoms with E-state index in [4.69, 9.17) is 9.98 Å². The van der Waals surface area contributed by atoms with Gasteiger partial charge in [-0.2, -0.15) is 0 Å². The molecular formula is C50H56N8O3S. The van der Waals surface area contributed by atoms with Crippen LogP contribution in [0.4, 0.5) is 0 Å². The van der Waals surface area contributed by atoms with E-state index < -0.39 is 6.04 Å². The first-order chi connectivity index (χ1) is 30.1. The fourth-order valence-electron chi connectivity index (χ4n) is 9.12. The number of aliphatic imine (C=N–C) groups is 1. The Balaban J connectivity index is 0.924. The van der Waals surface area contributed by atoms with E-state index in [1.54, 1.807) is 18.8 Å². The number of carbonyl (C=O) groups is 3. The van der Waals surface area contributed by atoms with Crippen molar-refractivity contribution in [2.75, 3.05) is 47.5 Å². The minimum Gasteiger partial charge on any atom is -0.359 e. The Bertz CT molecular complexity index is 2410. The fraction of sp³-hybridized carbons (Fsp3) is 0.340. The largest absolute Gasteiger partial charge is 0.359 e. The Morgan fingerprint density at radius 3 is 1.95 bits per heavy atom. The molecule has 0 radical (unpaired) electrons. The molecule has 4 aromatic carbocycles. The highest BCUT2D eigenvalue weighted by Gasteiger charge is 2.44. The number of aromatic nitrogens is 2. The molecule has 2 unspecified atom stereocenters. The molecule has 62 heavy (non-hydrogen) atoms. The highest BCUT2D eigenvalue weighted by atomic mass is 32.2. The number of nitrogens with zero attached hydrogens (tertiary/aromatic N) is 6. The van der Waals surface area contributed by atoms with Crippen molar-refractivity contribution in [3.63, 3.8) is 0 Å². The smallest absolute Gasteiger partial charge is 0.245 e. The van der Waals surface area contributed by atoms with Gasteiger partial charge in [0.1, 0.15) is 17.9 Å². The van der Waals surface area contributed by atoms with E-state index in [-0.39, 0.29) is 41.2 Å². The molecule has 5 atom stereocenters. The fourth-order valence-corrected chi connectivity index (χ4v) is 10.6. The Kier molecular flexibility index (Phi) is 13.2. The van der Waals surface area contributed by atoms with Crippen LogP contribution in [0.15, 0.2) is 127 Å². The van der Waals surface area contributed by atoms with Gasteiger partial charge < -0.3 is 20.1 Å². The molecule has 0 bridgehead atoms. The van der Waals surface area contributed by atoms with Gasteiger partial charge >= 0.3 is 0 Å². The van der Waals surface area contributed by atoms with Gasteiger partial charge in [-0.15, -0.1) is 11.8 Å². The number of rotatable bonds is 14. The zero-order valence-electron chi connectivity index (χ0n) is 36.2. The summed E-state index contributed by atoms with van der Waals surface area (Å²) in [4.78, 5) is 62.0. The number of nitrogens with one attached hydrogen (secondary N) is 2. The first-order valence-electron chi connectivity index (χ1n) is 21.5. The summed E-state index contributed by atoms with van der Waals surface area (Å²) in [6, 6.07) is 35.9. The Morgan fingerprint density at radius 2 is 1.35 bits per heavy atom. The van der Waals surface area contributed by atoms with E-state index in [0.717, 1.165) is 74.8 Å². The van der Waals surface area contributed by atoms with E-state index in [0.29, 0.717) is 25.8 Å². The Morgan fingerprint density at radius 1 is 0.774 bits per heavy atom. The van der Waals surface area contributed by atoms with Crippen molar-refractivity contribution in [1.82, 2.24) is 34.9 Å². The maximum Gasteiger partial charge on any atom is 0.245 e. The summed E-state index contributed by atoms with van der Waals surface area (Å²) in [6.07, 6.45) is 7.23. The molecule has 8 rings (SSSR count). The normalized spacial score (nSPS) is 19.8. The molecular weight excluding hydrogens is 793 g/mol. The average Bonchev–Trinajstić information content (AvgIpc) is 4.13. The van der Waals surface area contributed by atoms with Crippen LogP contribution in [0.25, 0.3) is 28.0 Å². The zero-order chi connectivity index (χ0) is 43.3. The van der Waals surface area contributed by atoms with Gasteiger partial charge in [-0.05, 0) is 86.4 Å². The van der Waals surface area contributed by atoms with Crippen LogP contribution in [0, 0.1) is 0 Å². The van der Waals surface area contributed by atoms with Gasteiger partial charge in [-0.25, -0.2) is 4.98 Å². The topological polar surface area (TPSA) is 117 Å². The van der Waals surface area contributed by atoms with Crippen LogP contribution in [0.2, 0.25) is 0 Å². The predicted molar refractivity (Wildman–Crippen MR) is 249 cm³/mol. The van der Waals surface area contributed by atoms with Crippen molar-refractivity contribution >= 4 is 40.8 Å². The number of aromatic amines is 1. The number of benzene rings is 4. The molecule has 3 amide bonds. The van der Waals surface area contributed by atoms with Gasteiger partial charge in [-0.3, -0.25) is 29.2 Å². The number of allylic oxidation sites excluding steroid dienone is 1. The molecule has 0 aliphatic carbocycles. The van der Waals surface area contributed by atoms with Crippen molar-refractivity contribution in [2.45, 2.75) is 61.6 Å². The summed E-state index contributed by atoms with van der Waals surface area (Å²) < 4.78 is 0. The van der Waals surface area contributed by atoms with Gasteiger partial charge in [0.25, 0.3) is 0 Å². The molecule has 4 heterocycles. The number of amides is 3. The van der Waals surface area contributed by atoms with Crippen LogP contribution in [0.1, 0.15) is 72.7 Å².